The topological polar surface area (TPSA) is 62.3 Å². The van der Waals surface area contributed by atoms with Crippen LogP contribution in [0.4, 0.5) is 23.2 Å². The van der Waals surface area contributed by atoms with Gasteiger partial charge < -0.3 is 10.2 Å². The Hall–Kier alpha value is -3.49. The summed E-state index contributed by atoms with van der Waals surface area (Å²) in [5.41, 5.74) is 1.93. The number of fused-ring (bicyclic) bond motifs is 1. The molecule has 0 aliphatic carbocycles. The number of nitrogens with zero attached hydrogens (tertiary/aromatic N) is 2. The Morgan fingerprint density at radius 1 is 1.10 bits per heavy atom. The average molecular weight is 433 g/mol. The van der Waals surface area contributed by atoms with Crippen LogP contribution in [0.5, 0.6) is 0 Å². The lowest BCUT2D eigenvalue weighted by Crippen LogP contribution is -2.40. The van der Waals surface area contributed by atoms with Gasteiger partial charge in [0.2, 0.25) is 0 Å². The summed E-state index contributed by atoms with van der Waals surface area (Å²) >= 11 is 0. The molecule has 0 saturated heterocycles. The molecule has 2 amide bonds. The molecule has 0 unspecified atom stereocenters. The molecule has 0 fully saturated rings. The lowest BCUT2D eigenvalue weighted by molar-refractivity contribution is -0.185. The quantitative estimate of drug-likeness (QED) is 0.586. The van der Waals surface area contributed by atoms with E-state index >= 15 is 0 Å². The normalized spacial score (nSPS) is 11.4. The van der Waals surface area contributed by atoms with E-state index in [1.54, 1.807) is 31.2 Å². The highest BCUT2D eigenvalue weighted by Gasteiger charge is 2.41. The summed E-state index contributed by atoms with van der Waals surface area (Å²) in [5.74, 6) is -2.87. The number of anilines is 1. The first-order chi connectivity index (χ1) is 14.6. The molecule has 5 nitrogen and oxygen atoms in total. The van der Waals surface area contributed by atoms with Crippen LogP contribution < -0.4 is 5.32 Å². The molecule has 162 valence electrons. The molecular formula is C22H19F4N3O2. The number of carbonyl (C=O) groups excluding carboxylic acids is 2. The van der Waals surface area contributed by atoms with Gasteiger partial charge in [0.15, 0.2) is 0 Å². The summed E-state index contributed by atoms with van der Waals surface area (Å²) in [6.45, 7) is 2.76. The average Bonchev–Trinajstić information content (AvgIpc) is 2.70. The molecule has 0 aliphatic rings. The van der Waals surface area contributed by atoms with E-state index in [-0.39, 0.29) is 18.7 Å². The molecule has 3 rings (SSSR count). The van der Waals surface area contributed by atoms with Gasteiger partial charge in [-0.1, -0.05) is 12.1 Å². The molecule has 3 aromatic rings. The van der Waals surface area contributed by atoms with E-state index in [4.69, 9.17) is 0 Å². The Labute approximate surface area is 175 Å². The van der Waals surface area contributed by atoms with E-state index in [0.717, 1.165) is 0 Å². The highest BCUT2D eigenvalue weighted by atomic mass is 19.4. The van der Waals surface area contributed by atoms with Crippen LogP contribution in [-0.2, 0) is 11.3 Å². The SMILES string of the molecule is CCN(Cc1cccc(NC(=O)c2cc(C)nc3cc(F)ccc23)c1)C(=O)C(F)(F)F. The minimum Gasteiger partial charge on any atom is -0.331 e. The van der Waals surface area contributed by atoms with Gasteiger partial charge in [-0.2, -0.15) is 13.2 Å². The molecule has 31 heavy (non-hydrogen) atoms. The van der Waals surface area contributed by atoms with Gasteiger partial charge in [-0.15, -0.1) is 0 Å². The van der Waals surface area contributed by atoms with Gasteiger partial charge in [0.1, 0.15) is 5.82 Å². The first kappa shape index (κ1) is 22.2. The third-order valence-electron chi connectivity index (χ3n) is 4.61. The Bertz CT molecular complexity index is 1140. The lowest BCUT2D eigenvalue weighted by atomic mass is 10.1. The van der Waals surface area contributed by atoms with E-state index in [0.29, 0.717) is 32.7 Å². The van der Waals surface area contributed by atoms with Gasteiger partial charge >= 0.3 is 12.1 Å². The van der Waals surface area contributed by atoms with Crippen molar-refractivity contribution in [2.75, 3.05) is 11.9 Å². The Balaban J connectivity index is 1.84. The van der Waals surface area contributed by atoms with Crippen molar-refractivity contribution < 1.29 is 27.2 Å². The number of benzene rings is 2. The highest BCUT2D eigenvalue weighted by molar-refractivity contribution is 6.12. The molecule has 0 saturated carbocycles. The first-order valence-electron chi connectivity index (χ1n) is 9.41. The first-order valence-corrected chi connectivity index (χ1v) is 9.41. The number of hydrogen-bond acceptors (Lipinski definition) is 3. The van der Waals surface area contributed by atoms with E-state index in [1.807, 2.05) is 0 Å². The molecule has 2 aromatic carbocycles. The van der Waals surface area contributed by atoms with Gasteiger partial charge in [-0.05, 0) is 49.7 Å². The number of aromatic nitrogens is 1. The molecule has 1 aromatic heterocycles. The van der Waals surface area contributed by atoms with Crippen molar-refractivity contribution in [1.82, 2.24) is 9.88 Å². The van der Waals surface area contributed by atoms with Gasteiger partial charge in [-0.3, -0.25) is 14.6 Å². The van der Waals surface area contributed by atoms with E-state index < -0.39 is 23.8 Å². The van der Waals surface area contributed by atoms with Crippen LogP contribution in [0.2, 0.25) is 0 Å². The van der Waals surface area contributed by atoms with Crippen LogP contribution in [0, 0.1) is 12.7 Å². The largest absolute Gasteiger partial charge is 0.471 e. The summed E-state index contributed by atoms with van der Waals surface area (Å²) in [7, 11) is 0. The third-order valence-corrected chi connectivity index (χ3v) is 4.61. The summed E-state index contributed by atoms with van der Waals surface area (Å²) < 4.78 is 51.7. The third kappa shape index (κ3) is 5.17. The molecule has 9 heteroatoms. The number of hydrogen-bond donors (Lipinski definition) is 1. The van der Waals surface area contributed by atoms with Crippen LogP contribution in [0.15, 0.2) is 48.5 Å². The standard InChI is InChI=1S/C22H19F4N3O2/c1-3-29(21(31)22(24,25)26)12-14-5-4-6-16(10-14)28-20(30)18-9-13(2)27-19-11-15(23)7-8-17(18)19/h4-11H,3,12H2,1-2H3,(H,28,30). The number of carbonyl (C=O) groups is 2. The zero-order valence-corrected chi connectivity index (χ0v) is 16.8. The number of amides is 2. The van der Waals surface area contributed by atoms with Gasteiger partial charge in [0.25, 0.3) is 5.91 Å². The van der Waals surface area contributed by atoms with E-state index in [9.17, 15) is 27.2 Å². The number of aryl methyl sites for hydroxylation is 1. The maximum atomic E-state index is 13.5. The second-order valence-corrected chi connectivity index (χ2v) is 6.94. The van der Waals surface area contributed by atoms with Crippen molar-refractivity contribution in [3.05, 3.63) is 71.2 Å². The van der Waals surface area contributed by atoms with Crippen LogP contribution in [-0.4, -0.2) is 34.4 Å². The molecule has 0 aliphatic heterocycles. The molecule has 1 N–H and O–H groups in total. The predicted octanol–water partition coefficient (Wildman–Crippen LogP) is 4.85. The van der Waals surface area contributed by atoms with Crippen molar-refractivity contribution in [3.63, 3.8) is 0 Å². The van der Waals surface area contributed by atoms with Crippen LogP contribution in [0.1, 0.15) is 28.5 Å². The second-order valence-electron chi connectivity index (χ2n) is 6.94. The zero-order valence-electron chi connectivity index (χ0n) is 16.8. The number of halogens is 4. The fourth-order valence-electron chi connectivity index (χ4n) is 3.19. The monoisotopic (exact) mass is 433 g/mol. The fourth-order valence-corrected chi connectivity index (χ4v) is 3.19. The molecule has 0 radical (unpaired) electrons. The molecular weight excluding hydrogens is 414 g/mol. The zero-order chi connectivity index (χ0) is 22.8. The minimum absolute atomic E-state index is 0.117. The summed E-state index contributed by atoms with van der Waals surface area (Å²) in [6.07, 6.45) is -4.96. The maximum absolute atomic E-state index is 13.5. The van der Waals surface area contributed by atoms with Gasteiger partial charge in [0, 0.05) is 35.9 Å². The Morgan fingerprint density at radius 2 is 1.84 bits per heavy atom. The number of alkyl halides is 3. The summed E-state index contributed by atoms with van der Waals surface area (Å²) in [4.78, 5) is 29.3. The van der Waals surface area contributed by atoms with Crippen molar-refractivity contribution in [1.29, 1.82) is 0 Å². The van der Waals surface area contributed by atoms with Crippen molar-refractivity contribution in [3.8, 4) is 0 Å². The molecule has 0 bridgehead atoms. The van der Waals surface area contributed by atoms with E-state index in [1.165, 1.54) is 31.2 Å². The van der Waals surface area contributed by atoms with Gasteiger partial charge in [0.05, 0.1) is 11.1 Å². The number of nitrogens with one attached hydrogen (secondary N) is 1. The second kappa shape index (κ2) is 8.71. The highest BCUT2D eigenvalue weighted by Crippen LogP contribution is 2.23. The molecule has 1 heterocycles. The van der Waals surface area contributed by atoms with Crippen LogP contribution in [0.3, 0.4) is 0 Å². The maximum Gasteiger partial charge on any atom is 0.471 e. The van der Waals surface area contributed by atoms with Crippen LogP contribution >= 0.6 is 0 Å². The smallest absolute Gasteiger partial charge is 0.331 e. The molecule has 0 spiro atoms. The van der Waals surface area contributed by atoms with Crippen molar-refractivity contribution in [2.24, 2.45) is 0 Å². The lowest BCUT2D eigenvalue weighted by Gasteiger charge is -2.22. The molecule has 0 atom stereocenters. The number of pyridine rings is 1. The number of rotatable bonds is 5. The van der Waals surface area contributed by atoms with E-state index in [2.05, 4.69) is 10.3 Å². The Morgan fingerprint density at radius 3 is 2.52 bits per heavy atom. The summed E-state index contributed by atoms with van der Waals surface area (Å²) in [6, 6.07) is 11.7. The minimum atomic E-state index is -4.96. The van der Waals surface area contributed by atoms with Gasteiger partial charge in [-0.25, -0.2) is 4.39 Å². The Kier molecular flexibility index (Phi) is 6.24. The van der Waals surface area contributed by atoms with Crippen molar-refractivity contribution in [2.45, 2.75) is 26.6 Å². The summed E-state index contributed by atoms with van der Waals surface area (Å²) in [5, 5.41) is 3.16. The van der Waals surface area contributed by atoms with Crippen molar-refractivity contribution >= 4 is 28.4 Å². The predicted molar refractivity (Wildman–Crippen MR) is 108 cm³/mol. The fraction of sp³-hybridized carbons (Fsp3) is 0.227. The van der Waals surface area contributed by atoms with Crippen LogP contribution in [0.25, 0.3) is 10.9 Å².